The van der Waals surface area contributed by atoms with E-state index in [4.69, 9.17) is 0 Å². The first kappa shape index (κ1) is 15.0. The van der Waals surface area contributed by atoms with Crippen LogP contribution in [0.5, 0.6) is 0 Å². The number of pyridine rings is 1. The number of carbonyl (C=O) groups is 1. The van der Waals surface area contributed by atoms with Crippen molar-refractivity contribution in [3.05, 3.63) is 84.4 Å². The molecule has 4 aromatic rings. The Kier molecular flexibility index (Phi) is 3.92. The SMILES string of the molecule is O=C(Nc1cccnc1)c1ccc(Cn2ccnn2)c2ccccc12. The Morgan fingerprint density at radius 2 is 1.88 bits per heavy atom. The molecule has 0 fully saturated rings. The Morgan fingerprint density at radius 1 is 1.00 bits per heavy atom. The number of nitrogens with one attached hydrogen (secondary N) is 1. The van der Waals surface area contributed by atoms with E-state index in [-0.39, 0.29) is 5.91 Å². The molecule has 1 amide bonds. The molecule has 0 aliphatic carbocycles. The molecule has 0 aliphatic heterocycles. The van der Waals surface area contributed by atoms with Crippen LogP contribution in [0.1, 0.15) is 15.9 Å². The highest BCUT2D eigenvalue weighted by Gasteiger charge is 2.13. The van der Waals surface area contributed by atoms with Crippen LogP contribution in [0.15, 0.2) is 73.3 Å². The molecule has 2 heterocycles. The molecule has 6 nitrogen and oxygen atoms in total. The van der Waals surface area contributed by atoms with Crippen LogP contribution >= 0.6 is 0 Å². The van der Waals surface area contributed by atoms with E-state index in [1.807, 2.05) is 48.7 Å². The molecule has 0 aliphatic rings. The first-order valence-corrected chi connectivity index (χ1v) is 7.87. The Hall–Kier alpha value is -3.54. The lowest BCUT2D eigenvalue weighted by Gasteiger charge is -2.11. The lowest BCUT2D eigenvalue weighted by molar-refractivity contribution is 0.102. The van der Waals surface area contributed by atoms with Gasteiger partial charge in [-0.05, 0) is 34.5 Å². The van der Waals surface area contributed by atoms with E-state index in [9.17, 15) is 4.79 Å². The van der Waals surface area contributed by atoms with Crippen molar-refractivity contribution in [3.63, 3.8) is 0 Å². The number of fused-ring (bicyclic) bond motifs is 1. The van der Waals surface area contributed by atoms with Crippen molar-refractivity contribution in [2.45, 2.75) is 6.54 Å². The molecule has 0 saturated carbocycles. The topological polar surface area (TPSA) is 72.7 Å². The summed E-state index contributed by atoms with van der Waals surface area (Å²) < 4.78 is 1.76. The average molecular weight is 329 g/mol. The van der Waals surface area contributed by atoms with Gasteiger partial charge in [0.05, 0.1) is 24.6 Å². The fourth-order valence-corrected chi connectivity index (χ4v) is 2.82. The zero-order valence-electron chi connectivity index (χ0n) is 13.3. The third kappa shape index (κ3) is 3.10. The summed E-state index contributed by atoms with van der Waals surface area (Å²) in [4.78, 5) is 16.7. The fraction of sp³-hybridized carbons (Fsp3) is 0.0526. The molecule has 0 saturated heterocycles. The van der Waals surface area contributed by atoms with Crippen LogP contribution in [-0.2, 0) is 6.54 Å². The van der Waals surface area contributed by atoms with Crippen molar-refractivity contribution in [1.29, 1.82) is 0 Å². The van der Waals surface area contributed by atoms with E-state index in [0.717, 1.165) is 16.3 Å². The Bertz CT molecular complexity index is 1010. The number of aromatic nitrogens is 4. The van der Waals surface area contributed by atoms with Gasteiger partial charge in [-0.1, -0.05) is 35.5 Å². The van der Waals surface area contributed by atoms with E-state index in [1.54, 1.807) is 29.3 Å². The van der Waals surface area contributed by atoms with Crippen LogP contribution in [-0.4, -0.2) is 25.9 Å². The van der Waals surface area contributed by atoms with E-state index in [2.05, 4.69) is 20.6 Å². The molecular weight excluding hydrogens is 314 g/mol. The number of carbonyl (C=O) groups excluding carboxylic acids is 1. The number of benzene rings is 2. The minimum Gasteiger partial charge on any atom is -0.321 e. The maximum atomic E-state index is 12.7. The molecule has 0 atom stereocenters. The second-order valence-electron chi connectivity index (χ2n) is 5.61. The standard InChI is InChI=1S/C19H15N5O/c25-19(22-15-4-3-9-20-12-15)18-8-7-14(13-24-11-10-21-23-24)16-5-1-2-6-17(16)18/h1-12H,13H2,(H,22,25). The molecule has 4 rings (SSSR count). The van der Waals surface area contributed by atoms with Crippen LogP contribution in [0, 0.1) is 0 Å². The quantitative estimate of drug-likeness (QED) is 0.624. The number of hydrogen-bond donors (Lipinski definition) is 1. The van der Waals surface area contributed by atoms with Crippen LogP contribution < -0.4 is 5.32 Å². The zero-order valence-corrected chi connectivity index (χ0v) is 13.3. The van der Waals surface area contributed by atoms with Crippen LogP contribution in [0.3, 0.4) is 0 Å². The average Bonchev–Trinajstić information content (AvgIpc) is 3.16. The number of hydrogen-bond acceptors (Lipinski definition) is 4. The molecule has 0 bridgehead atoms. The van der Waals surface area contributed by atoms with Gasteiger partial charge in [-0.15, -0.1) is 5.10 Å². The van der Waals surface area contributed by atoms with Gasteiger partial charge in [0.25, 0.3) is 5.91 Å². The highest BCUT2D eigenvalue weighted by Crippen LogP contribution is 2.24. The van der Waals surface area contributed by atoms with Crippen molar-refractivity contribution in [2.75, 3.05) is 5.32 Å². The largest absolute Gasteiger partial charge is 0.321 e. The molecule has 122 valence electrons. The Labute approximate surface area is 144 Å². The van der Waals surface area contributed by atoms with Crippen LogP contribution in [0.25, 0.3) is 10.8 Å². The molecule has 0 unspecified atom stereocenters. The molecule has 6 heteroatoms. The summed E-state index contributed by atoms with van der Waals surface area (Å²) >= 11 is 0. The lowest BCUT2D eigenvalue weighted by atomic mass is 9.99. The van der Waals surface area contributed by atoms with Gasteiger partial charge < -0.3 is 5.32 Å². The summed E-state index contributed by atoms with van der Waals surface area (Å²) in [5.41, 5.74) is 2.38. The second kappa shape index (κ2) is 6.52. The third-order valence-electron chi connectivity index (χ3n) is 3.98. The summed E-state index contributed by atoms with van der Waals surface area (Å²) in [5.74, 6) is -0.156. The zero-order chi connectivity index (χ0) is 17.1. The van der Waals surface area contributed by atoms with E-state index < -0.39 is 0 Å². The van der Waals surface area contributed by atoms with Crippen molar-refractivity contribution in [2.24, 2.45) is 0 Å². The molecule has 1 N–H and O–H groups in total. The van der Waals surface area contributed by atoms with Gasteiger partial charge in [0, 0.05) is 18.0 Å². The predicted octanol–water partition coefficient (Wildman–Crippen LogP) is 3.13. The monoisotopic (exact) mass is 329 g/mol. The van der Waals surface area contributed by atoms with Crippen molar-refractivity contribution in [3.8, 4) is 0 Å². The molecule has 2 aromatic carbocycles. The summed E-state index contributed by atoms with van der Waals surface area (Å²) in [5, 5.41) is 12.7. The summed E-state index contributed by atoms with van der Waals surface area (Å²) in [6.45, 7) is 0.602. The number of amides is 1. The highest BCUT2D eigenvalue weighted by atomic mass is 16.1. The second-order valence-corrected chi connectivity index (χ2v) is 5.61. The number of nitrogens with zero attached hydrogens (tertiary/aromatic N) is 4. The van der Waals surface area contributed by atoms with E-state index in [0.29, 0.717) is 17.8 Å². The molecule has 25 heavy (non-hydrogen) atoms. The Balaban J connectivity index is 1.72. The molecule has 0 spiro atoms. The van der Waals surface area contributed by atoms with Gasteiger partial charge in [0.2, 0.25) is 0 Å². The maximum Gasteiger partial charge on any atom is 0.256 e. The molecule has 2 aromatic heterocycles. The number of rotatable bonds is 4. The van der Waals surface area contributed by atoms with Gasteiger partial charge in [-0.3, -0.25) is 9.78 Å². The minimum atomic E-state index is -0.156. The predicted molar refractivity (Wildman–Crippen MR) is 95.3 cm³/mol. The summed E-state index contributed by atoms with van der Waals surface area (Å²) in [6.07, 6.45) is 6.76. The highest BCUT2D eigenvalue weighted by molar-refractivity contribution is 6.13. The Morgan fingerprint density at radius 3 is 2.64 bits per heavy atom. The van der Waals surface area contributed by atoms with Crippen LogP contribution in [0.4, 0.5) is 5.69 Å². The van der Waals surface area contributed by atoms with E-state index >= 15 is 0 Å². The van der Waals surface area contributed by atoms with Gasteiger partial charge in [0.15, 0.2) is 0 Å². The van der Waals surface area contributed by atoms with Crippen LogP contribution in [0.2, 0.25) is 0 Å². The van der Waals surface area contributed by atoms with Crippen molar-refractivity contribution >= 4 is 22.4 Å². The molecule has 0 radical (unpaired) electrons. The maximum absolute atomic E-state index is 12.7. The van der Waals surface area contributed by atoms with Gasteiger partial charge in [-0.25, -0.2) is 4.68 Å². The fourth-order valence-electron chi connectivity index (χ4n) is 2.82. The normalized spacial score (nSPS) is 10.7. The van der Waals surface area contributed by atoms with Crippen molar-refractivity contribution in [1.82, 2.24) is 20.0 Å². The first-order chi connectivity index (χ1) is 12.3. The number of anilines is 1. The minimum absolute atomic E-state index is 0.156. The first-order valence-electron chi connectivity index (χ1n) is 7.87. The summed E-state index contributed by atoms with van der Waals surface area (Å²) in [7, 11) is 0. The summed E-state index contributed by atoms with van der Waals surface area (Å²) in [6, 6.07) is 15.3. The third-order valence-corrected chi connectivity index (χ3v) is 3.98. The van der Waals surface area contributed by atoms with Gasteiger partial charge >= 0.3 is 0 Å². The van der Waals surface area contributed by atoms with Crippen molar-refractivity contribution < 1.29 is 4.79 Å². The smallest absolute Gasteiger partial charge is 0.256 e. The van der Waals surface area contributed by atoms with E-state index in [1.165, 1.54) is 0 Å². The van der Waals surface area contributed by atoms with Gasteiger partial charge in [0.1, 0.15) is 0 Å². The molecular formula is C19H15N5O. The van der Waals surface area contributed by atoms with Gasteiger partial charge in [-0.2, -0.15) is 0 Å². The lowest BCUT2D eigenvalue weighted by Crippen LogP contribution is -2.13.